The largest absolute Gasteiger partial charge is 0.339 e. The maximum Gasteiger partial charge on any atom is 0.253 e. The number of halogens is 1. The SMILES string of the molecule is CC(C)C(=O)N1CCN(C(=O)c2ccc(Br)cc2)CC1. The molecule has 20 heavy (non-hydrogen) atoms. The van der Waals surface area contributed by atoms with Crippen LogP contribution in [0.15, 0.2) is 28.7 Å². The van der Waals surface area contributed by atoms with Crippen molar-refractivity contribution >= 4 is 27.7 Å². The minimum atomic E-state index is 0.0173. The molecule has 0 radical (unpaired) electrons. The standard InChI is InChI=1S/C15H19BrN2O2/c1-11(2)14(19)17-7-9-18(10-8-17)15(20)12-3-5-13(16)6-4-12/h3-6,11H,7-10H2,1-2H3. The van der Waals surface area contributed by atoms with Gasteiger partial charge in [0.05, 0.1) is 0 Å². The van der Waals surface area contributed by atoms with Gasteiger partial charge in [-0.2, -0.15) is 0 Å². The monoisotopic (exact) mass is 338 g/mol. The fourth-order valence-corrected chi connectivity index (χ4v) is 2.53. The number of hydrogen-bond donors (Lipinski definition) is 0. The Kier molecular flexibility index (Phi) is 4.81. The molecule has 1 heterocycles. The lowest BCUT2D eigenvalue weighted by atomic mass is 10.1. The van der Waals surface area contributed by atoms with Crippen LogP contribution in [-0.4, -0.2) is 47.8 Å². The fraction of sp³-hybridized carbons (Fsp3) is 0.467. The molecule has 4 nitrogen and oxygen atoms in total. The molecular weight excluding hydrogens is 320 g/mol. The maximum atomic E-state index is 12.3. The molecule has 0 aromatic heterocycles. The summed E-state index contributed by atoms with van der Waals surface area (Å²) in [5.41, 5.74) is 0.692. The zero-order chi connectivity index (χ0) is 14.7. The van der Waals surface area contributed by atoms with Crippen molar-refractivity contribution in [1.29, 1.82) is 0 Å². The summed E-state index contributed by atoms with van der Waals surface area (Å²) in [6.45, 7) is 6.27. The van der Waals surface area contributed by atoms with Gasteiger partial charge < -0.3 is 9.80 Å². The first-order valence-electron chi connectivity index (χ1n) is 6.82. The Morgan fingerprint density at radius 3 is 2.00 bits per heavy atom. The highest BCUT2D eigenvalue weighted by Gasteiger charge is 2.25. The molecule has 0 bridgehead atoms. The van der Waals surface area contributed by atoms with E-state index >= 15 is 0 Å². The molecule has 1 saturated heterocycles. The Morgan fingerprint density at radius 2 is 1.50 bits per heavy atom. The lowest BCUT2D eigenvalue weighted by Gasteiger charge is -2.35. The zero-order valence-electron chi connectivity index (χ0n) is 11.8. The zero-order valence-corrected chi connectivity index (χ0v) is 13.4. The van der Waals surface area contributed by atoms with Crippen LogP contribution in [0.2, 0.25) is 0 Å². The summed E-state index contributed by atoms with van der Waals surface area (Å²) in [6.07, 6.45) is 0. The van der Waals surface area contributed by atoms with Gasteiger partial charge in [0.25, 0.3) is 5.91 Å². The first kappa shape index (κ1) is 15.0. The number of rotatable bonds is 2. The van der Waals surface area contributed by atoms with Crippen molar-refractivity contribution < 1.29 is 9.59 Å². The van der Waals surface area contributed by atoms with Crippen molar-refractivity contribution in [2.24, 2.45) is 5.92 Å². The van der Waals surface area contributed by atoms with Crippen LogP contribution in [0.1, 0.15) is 24.2 Å². The van der Waals surface area contributed by atoms with Crippen molar-refractivity contribution in [1.82, 2.24) is 9.80 Å². The van der Waals surface area contributed by atoms with Gasteiger partial charge in [-0.1, -0.05) is 29.8 Å². The molecule has 0 unspecified atom stereocenters. The van der Waals surface area contributed by atoms with E-state index in [2.05, 4.69) is 15.9 Å². The number of nitrogens with zero attached hydrogens (tertiary/aromatic N) is 2. The van der Waals surface area contributed by atoms with Gasteiger partial charge in [-0.05, 0) is 24.3 Å². The number of amides is 2. The lowest BCUT2D eigenvalue weighted by Crippen LogP contribution is -2.51. The Hall–Kier alpha value is -1.36. The summed E-state index contributed by atoms with van der Waals surface area (Å²) in [4.78, 5) is 27.9. The Bertz CT molecular complexity index is 491. The number of benzene rings is 1. The van der Waals surface area contributed by atoms with Gasteiger partial charge >= 0.3 is 0 Å². The van der Waals surface area contributed by atoms with Crippen molar-refractivity contribution in [3.05, 3.63) is 34.3 Å². The van der Waals surface area contributed by atoms with E-state index in [1.807, 2.05) is 47.9 Å². The van der Waals surface area contributed by atoms with Crippen molar-refractivity contribution in [3.63, 3.8) is 0 Å². The fourth-order valence-electron chi connectivity index (χ4n) is 2.27. The maximum absolute atomic E-state index is 12.3. The molecule has 0 aliphatic carbocycles. The molecule has 1 aromatic carbocycles. The molecule has 108 valence electrons. The summed E-state index contributed by atoms with van der Waals surface area (Å²) in [5.74, 6) is 0.221. The van der Waals surface area contributed by atoms with Gasteiger partial charge in [-0.15, -0.1) is 0 Å². The van der Waals surface area contributed by atoms with Crippen molar-refractivity contribution in [2.75, 3.05) is 26.2 Å². The van der Waals surface area contributed by atoms with Crippen LogP contribution in [0.3, 0.4) is 0 Å². The average Bonchev–Trinajstić information content (AvgIpc) is 2.46. The Balaban J connectivity index is 1.95. The summed E-state index contributed by atoms with van der Waals surface area (Å²) in [6, 6.07) is 7.37. The molecular formula is C15H19BrN2O2. The number of carbonyl (C=O) groups is 2. The van der Waals surface area contributed by atoms with Crippen molar-refractivity contribution in [3.8, 4) is 0 Å². The van der Waals surface area contributed by atoms with E-state index in [0.717, 1.165) is 4.47 Å². The molecule has 1 aliphatic heterocycles. The second-order valence-electron chi connectivity index (χ2n) is 5.28. The number of carbonyl (C=O) groups excluding carboxylic acids is 2. The first-order valence-corrected chi connectivity index (χ1v) is 7.62. The summed E-state index contributed by atoms with van der Waals surface area (Å²) in [5, 5.41) is 0. The van der Waals surface area contributed by atoms with E-state index in [-0.39, 0.29) is 17.7 Å². The predicted octanol–water partition coefficient (Wildman–Crippen LogP) is 2.39. The van der Waals surface area contributed by atoms with Gasteiger partial charge in [0.15, 0.2) is 0 Å². The van der Waals surface area contributed by atoms with E-state index in [0.29, 0.717) is 31.7 Å². The molecule has 1 aliphatic rings. The average molecular weight is 339 g/mol. The van der Waals surface area contributed by atoms with Crippen LogP contribution in [0.4, 0.5) is 0 Å². The minimum absolute atomic E-state index is 0.0173. The molecule has 5 heteroatoms. The second-order valence-corrected chi connectivity index (χ2v) is 6.19. The molecule has 1 fully saturated rings. The minimum Gasteiger partial charge on any atom is -0.339 e. The van der Waals surface area contributed by atoms with Crippen LogP contribution >= 0.6 is 15.9 Å². The molecule has 1 aromatic rings. The van der Waals surface area contributed by atoms with Crippen molar-refractivity contribution in [2.45, 2.75) is 13.8 Å². The molecule has 2 amide bonds. The van der Waals surface area contributed by atoms with E-state index in [1.165, 1.54) is 0 Å². The summed E-state index contributed by atoms with van der Waals surface area (Å²) in [7, 11) is 0. The highest BCUT2D eigenvalue weighted by molar-refractivity contribution is 9.10. The summed E-state index contributed by atoms with van der Waals surface area (Å²) < 4.78 is 0.960. The van der Waals surface area contributed by atoms with E-state index in [1.54, 1.807) is 0 Å². The third-order valence-electron chi connectivity index (χ3n) is 3.46. The quantitative estimate of drug-likeness (QED) is 0.830. The Labute approximate surface area is 127 Å². The van der Waals surface area contributed by atoms with Crippen LogP contribution in [-0.2, 0) is 4.79 Å². The van der Waals surface area contributed by atoms with Crippen LogP contribution in [0.5, 0.6) is 0 Å². The lowest BCUT2D eigenvalue weighted by molar-refractivity contribution is -0.135. The predicted molar refractivity (Wildman–Crippen MR) is 81.5 cm³/mol. The highest BCUT2D eigenvalue weighted by Crippen LogP contribution is 2.14. The van der Waals surface area contributed by atoms with E-state index in [4.69, 9.17) is 0 Å². The molecule has 0 atom stereocenters. The topological polar surface area (TPSA) is 40.6 Å². The van der Waals surface area contributed by atoms with Crippen LogP contribution in [0, 0.1) is 5.92 Å². The van der Waals surface area contributed by atoms with Gasteiger partial charge in [-0.3, -0.25) is 9.59 Å². The van der Waals surface area contributed by atoms with Crippen LogP contribution in [0.25, 0.3) is 0 Å². The van der Waals surface area contributed by atoms with Gasteiger partial charge in [0.2, 0.25) is 5.91 Å². The Morgan fingerprint density at radius 1 is 1.00 bits per heavy atom. The molecule has 0 saturated carbocycles. The van der Waals surface area contributed by atoms with E-state index in [9.17, 15) is 9.59 Å². The third-order valence-corrected chi connectivity index (χ3v) is 3.99. The highest BCUT2D eigenvalue weighted by atomic mass is 79.9. The smallest absolute Gasteiger partial charge is 0.253 e. The molecule has 0 N–H and O–H groups in total. The number of hydrogen-bond acceptors (Lipinski definition) is 2. The van der Waals surface area contributed by atoms with E-state index < -0.39 is 0 Å². The van der Waals surface area contributed by atoms with Crippen LogP contribution < -0.4 is 0 Å². The summed E-state index contributed by atoms with van der Waals surface area (Å²) >= 11 is 3.36. The third kappa shape index (κ3) is 3.39. The normalized spacial score (nSPS) is 15.6. The van der Waals surface area contributed by atoms with Gasteiger partial charge in [0, 0.05) is 42.1 Å². The molecule has 2 rings (SSSR count). The van der Waals surface area contributed by atoms with Gasteiger partial charge in [-0.25, -0.2) is 0 Å². The van der Waals surface area contributed by atoms with Gasteiger partial charge in [0.1, 0.15) is 0 Å². The first-order chi connectivity index (χ1) is 9.49. The second kappa shape index (κ2) is 6.39. The number of piperazine rings is 1. The molecule has 0 spiro atoms.